The summed E-state index contributed by atoms with van der Waals surface area (Å²) in [6.07, 6.45) is -1.76. The molecule has 0 bridgehead atoms. The molecule has 3 nitrogen and oxygen atoms in total. The van der Waals surface area contributed by atoms with E-state index in [0.29, 0.717) is 18.4 Å². The molecule has 0 N–H and O–H groups in total. The summed E-state index contributed by atoms with van der Waals surface area (Å²) in [5.74, 6) is -3.25. The summed E-state index contributed by atoms with van der Waals surface area (Å²) >= 11 is 0. The van der Waals surface area contributed by atoms with Crippen LogP contribution in [0, 0.1) is 11.7 Å². The quantitative estimate of drug-likeness (QED) is 0.256. The first-order valence-electron chi connectivity index (χ1n) is 9.33. The molecule has 2 atom stereocenters. The van der Waals surface area contributed by atoms with E-state index >= 15 is 0 Å². The van der Waals surface area contributed by atoms with Gasteiger partial charge in [0.1, 0.15) is 5.56 Å². The van der Waals surface area contributed by atoms with E-state index in [0.717, 1.165) is 12.1 Å². The molecule has 1 saturated heterocycles. The normalized spacial score (nSPS) is 19.2. The van der Waals surface area contributed by atoms with Gasteiger partial charge >= 0.3 is 12.1 Å². The van der Waals surface area contributed by atoms with Crippen LogP contribution in [0.5, 0.6) is 5.75 Å². The fraction of sp³-hybridized carbons (Fsp3) is 0.261. The van der Waals surface area contributed by atoms with Crippen LogP contribution in [0.3, 0.4) is 0 Å². The number of hydrogen-bond donors (Lipinski definition) is 0. The third-order valence-corrected chi connectivity index (χ3v) is 4.97. The Morgan fingerprint density at radius 1 is 1.10 bits per heavy atom. The van der Waals surface area contributed by atoms with Crippen LogP contribution in [-0.2, 0) is 15.7 Å². The lowest BCUT2D eigenvalue weighted by Gasteiger charge is -2.26. The molecular formula is C23H20F4O3. The number of hydrogen-bond acceptors (Lipinski definition) is 3. The Kier molecular flexibility index (Phi) is 6.41. The SMILES string of the molecule is C=Cc1ccc(-c2ccc(OC(=O)C3CCC(C=C)CO3)c(F)c2C(F)(F)F)cc1. The zero-order valence-electron chi connectivity index (χ0n) is 16.0. The van der Waals surface area contributed by atoms with Gasteiger partial charge in [0.05, 0.1) is 6.61 Å². The van der Waals surface area contributed by atoms with Crippen molar-refractivity contribution in [3.63, 3.8) is 0 Å². The Morgan fingerprint density at radius 3 is 2.33 bits per heavy atom. The minimum atomic E-state index is -4.99. The number of ether oxygens (including phenoxy) is 2. The fourth-order valence-electron chi connectivity index (χ4n) is 3.27. The highest BCUT2D eigenvalue weighted by Gasteiger charge is 2.39. The van der Waals surface area contributed by atoms with E-state index in [1.165, 1.54) is 12.1 Å². The zero-order chi connectivity index (χ0) is 21.9. The van der Waals surface area contributed by atoms with Gasteiger partial charge in [-0.05, 0) is 41.7 Å². The highest BCUT2D eigenvalue weighted by Crippen LogP contribution is 2.42. The fourth-order valence-corrected chi connectivity index (χ4v) is 3.27. The third kappa shape index (κ3) is 4.62. The standard InChI is InChI=1S/C23H20F4O3/c1-3-14-5-8-16(9-6-14)17-10-12-18(21(24)20(17)23(25,26)27)30-22(28)19-11-7-15(4-2)13-29-19/h3-6,8-10,12,15,19H,1-2,7,11,13H2. The monoisotopic (exact) mass is 420 g/mol. The first kappa shape index (κ1) is 21.8. The van der Waals surface area contributed by atoms with Gasteiger partial charge in [-0.1, -0.05) is 43.0 Å². The molecule has 0 amide bonds. The maximum absolute atomic E-state index is 14.8. The number of carbonyl (C=O) groups is 1. The molecule has 0 radical (unpaired) electrons. The number of benzene rings is 2. The Balaban J connectivity index is 1.90. The van der Waals surface area contributed by atoms with Gasteiger partial charge in [0.25, 0.3) is 0 Å². The molecule has 158 valence electrons. The van der Waals surface area contributed by atoms with E-state index in [9.17, 15) is 22.4 Å². The molecule has 2 unspecified atom stereocenters. The van der Waals surface area contributed by atoms with Crippen molar-refractivity contribution in [3.8, 4) is 16.9 Å². The Bertz CT molecular complexity index is 940. The number of esters is 1. The smallest absolute Gasteiger partial charge is 0.419 e. The lowest BCUT2D eigenvalue weighted by Crippen LogP contribution is -2.34. The summed E-state index contributed by atoms with van der Waals surface area (Å²) in [5.41, 5.74) is -0.950. The summed E-state index contributed by atoms with van der Waals surface area (Å²) in [6, 6.07) is 8.15. The molecule has 1 heterocycles. The molecule has 2 aromatic rings. The van der Waals surface area contributed by atoms with Crippen LogP contribution >= 0.6 is 0 Å². The molecule has 0 aliphatic carbocycles. The molecule has 0 saturated carbocycles. The molecule has 1 aliphatic rings. The van der Waals surface area contributed by atoms with Gasteiger partial charge in [0.15, 0.2) is 17.7 Å². The topological polar surface area (TPSA) is 35.5 Å². The van der Waals surface area contributed by atoms with Gasteiger partial charge in [0.2, 0.25) is 0 Å². The maximum Gasteiger partial charge on any atom is 0.419 e. The summed E-state index contributed by atoms with van der Waals surface area (Å²) in [7, 11) is 0. The number of rotatable bonds is 5. The van der Waals surface area contributed by atoms with Crippen LogP contribution < -0.4 is 4.74 Å². The van der Waals surface area contributed by atoms with Crippen molar-refractivity contribution in [2.24, 2.45) is 5.92 Å². The van der Waals surface area contributed by atoms with Crippen molar-refractivity contribution >= 4 is 12.0 Å². The van der Waals surface area contributed by atoms with Crippen molar-refractivity contribution in [2.75, 3.05) is 6.61 Å². The Labute approximate surface area is 171 Å². The predicted molar refractivity (Wildman–Crippen MR) is 105 cm³/mol. The summed E-state index contributed by atoms with van der Waals surface area (Å²) in [4.78, 5) is 12.3. The number of halogens is 4. The van der Waals surface area contributed by atoms with Crippen molar-refractivity contribution in [3.05, 3.63) is 72.6 Å². The highest BCUT2D eigenvalue weighted by molar-refractivity contribution is 5.78. The average molecular weight is 420 g/mol. The van der Waals surface area contributed by atoms with E-state index < -0.39 is 35.4 Å². The van der Waals surface area contributed by atoms with Gasteiger partial charge in [-0.3, -0.25) is 0 Å². The van der Waals surface area contributed by atoms with E-state index in [4.69, 9.17) is 9.47 Å². The lowest BCUT2D eigenvalue weighted by molar-refractivity contribution is -0.152. The van der Waals surface area contributed by atoms with Crippen molar-refractivity contribution in [1.29, 1.82) is 0 Å². The highest BCUT2D eigenvalue weighted by atomic mass is 19.4. The van der Waals surface area contributed by atoms with Crippen LogP contribution in [0.25, 0.3) is 17.2 Å². The molecule has 30 heavy (non-hydrogen) atoms. The number of carbonyl (C=O) groups excluding carboxylic acids is 1. The molecule has 1 fully saturated rings. The Morgan fingerprint density at radius 2 is 1.80 bits per heavy atom. The second-order valence-corrected chi connectivity index (χ2v) is 6.94. The van der Waals surface area contributed by atoms with Crippen LogP contribution in [-0.4, -0.2) is 18.7 Å². The van der Waals surface area contributed by atoms with Gasteiger partial charge < -0.3 is 9.47 Å². The van der Waals surface area contributed by atoms with Gasteiger partial charge in [-0.2, -0.15) is 13.2 Å². The van der Waals surface area contributed by atoms with Gasteiger partial charge in [-0.25, -0.2) is 9.18 Å². The van der Waals surface area contributed by atoms with Crippen molar-refractivity contribution < 1.29 is 31.8 Å². The van der Waals surface area contributed by atoms with Crippen LogP contribution in [0.4, 0.5) is 17.6 Å². The van der Waals surface area contributed by atoms with Crippen molar-refractivity contribution in [2.45, 2.75) is 25.1 Å². The molecule has 3 rings (SSSR count). The van der Waals surface area contributed by atoms with Crippen LogP contribution in [0.2, 0.25) is 0 Å². The summed E-state index contributed by atoms with van der Waals surface area (Å²) < 4.78 is 66.1. The molecule has 1 aliphatic heterocycles. The minimum absolute atomic E-state index is 0.0920. The molecule has 0 aromatic heterocycles. The third-order valence-electron chi connectivity index (χ3n) is 4.97. The summed E-state index contributed by atoms with van der Waals surface area (Å²) in [6.45, 7) is 7.49. The van der Waals surface area contributed by atoms with Gasteiger partial charge in [-0.15, -0.1) is 6.58 Å². The molecular weight excluding hydrogens is 400 g/mol. The number of alkyl halides is 3. The maximum atomic E-state index is 14.8. The lowest BCUT2D eigenvalue weighted by atomic mass is 9.97. The van der Waals surface area contributed by atoms with Crippen LogP contribution in [0.15, 0.2) is 55.6 Å². The average Bonchev–Trinajstić information content (AvgIpc) is 2.74. The second kappa shape index (κ2) is 8.83. The van der Waals surface area contributed by atoms with E-state index in [1.54, 1.807) is 24.3 Å². The van der Waals surface area contributed by atoms with E-state index in [-0.39, 0.29) is 23.7 Å². The summed E-state index contributed by atoms with van der Waals surface area (Å²) in [5, 5.41) is 0. The largest absolute Gasteiger partial charge is 0.421 e. The van der Waals surface area contributed by atoms with Crippen LogP contribution in [0.1, 0.15) is 24.0 Å². The second-order valence-electron chi connectivity index (χ2n) is 6.94. The predicted octanol–water partition coefficient (Wildman–Crippen LogP) is 6.04. The van der Waals surface area contributed by atoms with Gasteiger partial charge in [0, 0.05) is 5.92 Å². The van der Waals surface area contributed by atoms with E-state index in [1.807, 2.05) is 0 Å². The first-order chi connectivity index (χ1) is 14.2. The molecule has 7 heteroatoms. The Hall–Kier alpha value is -2.93. The van der Waals surface area contributed by atoms with E-state index in [2.05, 4.69) is 13.2 Å². The zero-order valence-corrected chi connectivity index (χ0v) is 16.0. The molecule has 0 spiro atoms. The minimum Gasteiger partial charge on any atom is -0.421 e. The molecule has 2 aromatic carbocycles. The first-order valence-corrected chi connectivity index (χ1v) is 9.33. The van der Waals surface area contributed by atoms with Crippen molar-refractivity contribution in [1.82, 2.24) is 0 Å².